The standard InChI is InChI=1S/C13H16Br2N2S2/c1-4-16-10(11-5-9(14)13(15)19-11)6-12-17-7(2)8(3)18-12/h5,10,16H,4,6H2,1-3H3. The number of aryl methyl sites for hydroxylation is 2. The van der Waals surface area contributed by atoms with Gasteiger partial charge in [-0.3, -0.25) is 0 Å². The predicted molar refractivity (Wildman–Crippen MR) is 91.4 cm³/mol. The summed E-state index contributed by atoms with van der Waals surface area (Å²) in [5, 5.41) is 4.76. The highest BCUT2D eigenvalue weighted by atomic mass is 79.9. The van der Waals surface area contributed by atoms with Crippen LogP contribution in [0.3, 0.4) is 0 Å². The van der Waals surface area contributed by atoms with Gasteiger partial charge in [0.05, 0.1) is 14.5 Å². The molecule has 0 bridgehead atoms. The quantitative estimate of drug-likeness (QED) is 0.711. The Balaban J connectivity index is 2.20. The number of hydrogen-bond acceptors (Lipinski definition) is 4. The second-order valence-corrected chi connectivity index (χ2v) is 8.88. The van der Waals surface area contributed by atoms with Crippen molar-refractivity contribution in [1.82, 2.24) is 10.3 Å². The van der Waals surface area contributed by atoms with E-state index in [-0.39, 0.29) is 0 Å². The average molecular weight is 424 g/mol. The summed E-state index contributed by atoms with van der Waals surface area (Å²) in [6.45, 7) is 7.32. The van der Waals surface area contributed by atoms with Crippen molar-refractivity contribution in [3.63, 3.8) is 0 Å². The topological polar surface area (TPSA) is 24.9 Å². The summed E-state index contributed by atoms with van der Waals surface area (Å²) >= 11 is 10.7. The molecule has 2 aromatic heterocycles. The zero-order valence-electron chi connectivity index (χ0n) is 11.1. The van der Waals surface area contributed by atoms with Gasteiger partial charge in [-0.25, -0.2) is 4.98 Å². The molecule has 2 heterocycles. The van der Waals surface area contributed by atoms with Crippen molar-refractivity contribution in [3.05, 3.63) is 34.8 Å². The lowest BCUT2D eigenvalue weighted by Crippen LogP contribution is -2.22. The summed E-state index contributed by atoms with van der Waals surface area (Å²) in [7, 11) is 0. The second kappa shape index (κ2) is 6.80. The lowest BCUT2D eigenvalue weighted by Gasteiger charge is -2.14. The van der Waals surface area contributed by atoms with Crippen molar-refractivity contribution in [2.45, 2.75) is 33.2 Å². The van der Waals surface area contributed by atoms with Crippen LogP contribution < -0.4 is 5.32 Å². The van der Waals surface area contributed by atoms with Crippen LogP contribution in [0.4, 0.5) is 0 Å². The Hall–Kier alpha value is 0.250. The molecule has 19 heavy (non-hydrogen) atoms. The van der Waals surface area contributed by atoms with Crippen LogP contribution in [0.2, 0.25) is 0 Å². The monoisotopic (exact) mass is 422 g/mol. The van der Waals surface area contributed by atoms with Crippen molar-refractivity contribution in [3.8, 4) is 0 Å². The molecule has 0 radical (unpaired) electrons. The summed E-state index contributed by atoms with van der Waals surface area (Å²) in [6, 6.07) is 2.53. The molecule has 0 spiro atoms. The molecule has 1 unspecified atom stereocenters. The van der Waals surface area contributed by atoms with Gasteiger partial charge in [0.2, 0.25) is 0 Å². The van der Waals surface area contributed by atoms with Crippen LogP contribution in [-0.4, -0.2) is 11.5 Å². The third-order valence-electron chi connectivity index (χ3n) is 2.91. The van der Waals surface area contributed by atoms with E-state index in [1.54, 1.807) is 22.7 Å². The van der Waals surface area contributed by atoms with Gasteiger partial charge in [0.25, 0.3) is 0 Å². The molecule has 6 heteroatoms. The van der Waals surface area contributed by atoms with Crippen LogP contribution >= 0.6 is 54.5 Å². The Kier molecular flexibility index (Phi) is 5.60. The highest BCUT2D eigenvalue weighted by molar-refractivity contribution is 9.13. The first-order valence-electron chi connectivity index (χ1n) is 6.12. The average Bonchev–Trinajstić information content (AvgIpc) is 2.83. The van der Waals surface area contributed by atoms with Crippen LogP contribution in [0, 0.1) is 13.8 Å². The van der Waals surface area contributed by atoms with Crippen molar-refractivity contribution >= 4 is 54.5 Å². The Bertz CT molecular complexity index is 524. The fourth-order valence-electron chi connectivity index (χ4n) is 1.86. The molecule has 2 rings (SSSR count). The number of nitrogens with one attached hydrogen (secondary N) is 1. The van der Waals surface area contributed by atoms with Gasteiger partial charge in [-0.1, -0.05) is 6.92 Å². The zero-order valence-corrected chi connectivity index (χ0v) is 15.9. The molecular weight excluding hydrogens is 408 g/mol. The Morgan fingerprint density at radius 1 is 1.32 bits per heavy atom. The Morgan fingerprint density at radius 3 is 2.53 bits per heavy atom. The number of thiazole rings is 1. The molecular formula is C13H16Br2N2S2. The first-order valence-corrected chi connectivity index (χ1v) is 9.34. The highest BCUT2D eigenvalue weighted by Crippen LogP contribution is 2.36. The minimum absolute atomic E-state index is 0.336. The van der Waals surface area contributed by atoms with E-state index in [1.807, 2.05) is 0 Å². The maximum absolute atomic E-state index is 4.65. The van der Waals surface area contributed by atoms with Gasteiger partial charge >= 0.3 is 0 Å². The van der Waals surface area contributed by atoms with Gasteiger partial charge in [0, 0.05) is 26.7 Å². The third kappa shape index (κ3) is 3.88. The zero-order chi connectivity index (χ0) is 14.0. The molecule has 0 saturated heterocycles. The number of nitrogens with zero attached hydrogens (tertiary/aromatic N) is 1. The van der Waals surface area contributed by atoms with Crippen molar-refractivity contribution < 1.29 is 0 Å². The van der Waals surface area contributed by atoms with E-state index in [0.29, 0.717) is 6.04 Å². The van der Waals surface area contributed by atoms with Gasteiger partial charge in [0.15, 0.2) is 0 Å². The van der Waals surface area contributed by atoms with Gasteiger partial charge in [-0.2, -0.15) is 0 Å². The fourth-order valence-corrected chi connectivity index (χ4v) is 5.00. The van der Waals surface area contributed by atoms with E-state index in [0.717, 1.165) is 26.9 Å². The number of thiophene rings is 1. The summed E-state index contributed by atoms with van der Waals surface area (Å²) in [5.41, 5.74) is 1.16. The molecule has 0 aliphatic rings. The third-order valence-corrected chi connectivity index (χ3v) is 7.37. The van der Waals surface area contributed by atoms with E-state index >= 15 is 0 Å². The fraction of sp³-hybridized carbons (Fsp3) is 0.462. The molecule has 0 saturated carbocycles. The molecule has 0 aliphatic carbocycles. The van der Waals surface area contributed by atoms with Crippen molar-refractivity contribution in [2.75, 3.05) is 6.54 Å². The molecule has 0 aromatic carbocycles. The van der Waals surface area contributed by atoms with Gasteiger partial charge in [0.1, 0.15) is 0 Å². The summed E-state index contributed by atoms with van der Waals surface area (Å²) in [4.78, 5) is 7.30. The molecule has 0 fully saturated rings. The number of halogens is 2. The van der Waals surface area contributed by atoms with E-state index in [9.17, 15) is 0 Å². The minimum atomic E-state index is 0.336. The first kappa shape index (κ1) is 15.6. The normalized spacial score (nSPS) is 12.9. The Labute approximate surface area is 138 Å². The number of hydrogen-bond donors (Lipinski definition) is 1. The number of likely N-dealkylation sites (N-methyl/N-ethyl adjacent to an activating group) is 1. The van der Waals surface area contributed by atoms with Crippen LogP contribution in [0.25, 0.3) is 0 Å². The lowest BCUT2D eigenvalue weighted by molar-refractivity contribution is 0.556. The molecule has 0 amide bonds. The maximum atomic E-state index is 4.65. The largest absolute Gasteiger partial charge is 0.309 e. The number of aromatic nitrogens is 1. The predicted octanol–water partition coefficient (Wildman–Crippen LogP) is 5.24. The molecule has 1 atom stereocenters. The second-order valence-electron chi connectivity index (χ2n) is 4.33. The van der Waals surface area contributed by atoms with Crippen LogP contribution in [0.1, 0.15) is 33.4 Å². The molecule has 104 valence electrons. The van der Waals surface area contributed by atoms with E-state index < -0.39 is 0 Å². The maximum Gasteiger partial charge on any atom is 0.0950 e. The summed E-state index contributed by atoms with van der Waals surface area (Å²) in [5.74, 6) is 0. The molecule has 0 aliphatic heterocycles. The van der Waals surface area contributed by atoms with Gasteiger partial charge in [-0.05, 0) is 58.3 Å². The smallest absolute Gasteiger partial charge is 0.0950 e. The van der Waals surface area contributed by atoms with Gasteiger partial charge in [-0.15, -0.1) is 22.7 Å². The Morgan fingerprint density at radius 2 is 2.05 bits per heavy atom. The number of rotatable bonds is 5. The van der Waals surface area contributed by atoms with Crippen molar-refractivity contribution in [1.29, 1.82) is 0 Å². The minimum Gasteiger partial charge on any atom is -0.309 e. The SMILES string of the molecule is CCNC(Cc1nc(C)c(C)s1)c1cc(Br)c(Br)s1. The lowest BCUT2D eigenvalue weighted by atomic mass is 10.2. The molecule has 2 nitrogen and oxygen atoms in total. The molecule has 1 N–H and O–H groups in total. The van der Waals surface area contributed by atoms with E-state index in [1.165, 1.54) is 14.8 Å². The first-order chi connectivity index (χ1) is 9.01. The van der Waals surface area contributed by atoms with Gasteiger partial charge < -0.3 is 5.32 Å². The van der Waals surface area contributed by atoms with Crippen molar-refractivity contribution in [2.24, 2.45) is 0 Å². The van der Waals surface area contributed by atoms with E-state index in [2.05, 4.69) is 69.0 Å². The van der Waals surface area contributed by atoms with Crippen LogP contribution in [0.5, 0.6) is 0 Å². The summed E-state index contributed by atoms with van der Waals surface area (Å²) < 4.78 is 2.28. The van der Waals surface area contributed by atoms with E-state index in [4.69, 9.17) is 0 Å². The summed E-state index contributed by atoms with van der Waals surface area (Å²) in [6.07, 6.45) is 0.951. The highest BCUT2D eigenvalue weighted by Gasteiger charge is 2.17. The van der Waals surface area contributed by atoms with Crippen LogP contribution in [0.15, 0.2) is 14.3 Å². The van der Waals surface area contributed by atoms with Crippen LogP contribution in [-0.2, 0) is 6.42 Å². The molecule has 2 aromatic rings.